The van der Waals surface area contributed by atoms with Crippen molar-refractivity contribution in [2.24, 2.45) is 0 Å². The van der Waals surface area contributed by atoms with Crippen molar-refractivity contribution in [3.8, 4) is 17.6 Å². The Bertz CT molecular complexity index is 513. The molecular formula is C15H19ClN2O2. The number of nitrogens with zero attached hydrogens (tertiary/aromatic N) is 2. The molecule has 0 saturated carbocycles. The van der Waals surface area contributed by atoms with Crippen LogP contribution in [-0.2, 0) is 0 Å². The molecule has 0 aliphatic carbocycles. The van der Waals surface area contributed by atoms with Gasteiger partial charge in [0, 0.05) is 12.1 Å². The topological polar surface area (TPSA) is 45.5 Å². The zero-order chi connectivity index (χ0) is 14.5. The normalized spacial score (nSPS) is 19.4. The number of hydrogen-bond donors (Lipinski definition) is 0. The quantitative estimate of drug-likeness (QED) is 0.856. The van der Waals surface area contributed by atoms with E-state index in [1.807, 2.05) is 0 Å². The van der Waals surface area contributed by atoms with E-state index in [1.165, 1.54) is 12.8 Å². The third kappa shape index (κ3) is 3.36. The molecule has 0 radical (unpaired) electrons. The average molecular weight is 295 g/mol. The van der Waals surface area contributed by atoms with Crippen LogP contribution in [0.3, 0.4) is 0 Å². The van der Waals surface area contributed by atoms with Crippen LogP contribution in [0.25, 0.3) is 0 Å². The summed E-state index contributed by atoms with van der Waals surface area (Å²) in [5.74, 6) is 1.03. The van der Waals surface area contributed by atoms with Crippen LogP contribution in [0, 0.1) is 11.3 Å². The Morgan fingerprint density at radius 2 is 2.25 bits per heavy atom. The lowest BCUT2D eigenvalue weighted by molar-refractivity contribution is 0.123. The first-order valence-electron chi connectivity index (χ1n) is 6.76. The zero-order valence-corrected chi connectivity index (χ0v) is 12.6. The fraction of sp³-hybridized carbons (Fsp3) is 0.533. The summed E-state index contributed by atoms with van der Waals surface area (Å²) in [5.41, 5.74) is 0.467. The number of hydrogen-bond acceptors (Lipinski definition) is 4. The molecule has 1 aliphatic heterocycles. The number of ether oxygens (including phenoxy) is 2. The standard InChI is InChI=1S/C15H19ClN2O2/c1-18-6-4-3-5-12(18)10-20-15-13(16)7-11(9-17)8-14(15)19-2/h7-8,12H,3-6,10H2,1-2H3. The lowest BCUT2D eigenvalue weighted by Crippen LogP contribution is -2.40. The van der Waals surface area contributed by atoms with Crippen molar-refractivity contribution in [2.75, 3.05) is 27.3 Å². The van der Waals surface area contributed by atoms with Crippen molar-refractivity contribution >= 4 is 11.6 Å². The Hall–Kier alpha value is -1.44. The van der Waals surface area contributed by atoms with Gasteiger partial charge in [-0.05, 0) is 32.5 Å². The molecule has 1 unspecified atom stereocenters. The molecule has 4 nitrogen and oxygen atoms in total. The molecule has 0 aromatic heterocycles. The molecule has 1 heterocycles. The second-order valence-corrected chi connectivity index (χ2v) is 5.45. The predicted molar refractivity (Wildman–Crippen MR) is 78.5 cm³/mol. The molecule has 5 heteroatoms. The molecule has 0 bridgehead atoms. The van der Waals surface area contributed by atoms with E-state index in [-0.39, 0.29) is 0 Å². The molecule has 1 fully saturated rings. The molecule has 2 rings (SSSR count). The van der Waals surface area contributed by atoms with Gasteiger partial charge in [-0.25, -0.2) is 0 Å². The Kier molecular flexibility index (Phi) is 5.11. The fourth-order valence-electron chi connectivity index (χ4n) is 2.46. The number of methoxy groups -OCH3 is 1. The van der Waals surface area contributed by atoms with Gasteiger partial charge >= 0.3 is 0 Å². The van der Waals surface area contributed by atoms with Gasteiger partial charge in [0.2, 0.25) is 0 Å². The summed E-state index contributed by atoms with van der Waals surface area (Å²) in [6.45, 7) is 1.69. The van der Waals surface area contributed by atoms with Crippen molar-refractivity contribution in [2.45, 2.75) is 25.3 Å². The van der Waals surface area contributed by atoms with Gasteiger partial charge in [-0.3, -0.25) is 0 Å². The van der Waals surface area contributed by atoms with Crippen LogP contribution < -0.4 is 9.47 Å². The molecule has 108 valence electrons. The monoisotopic (exact) mass is 294 g/mol. The SMILES string of the molecule is COc1cc(C#N)cc(Cl)c1OCC1CCCCN1C. The van der Waals surface area contributed by atoms with Crippen molar-refractivity contribution in [3.05, 3.63) is 22.7 Å². The first-order valence-corrected chi connectivity index (χ1v) is 7.14. The van der Waals surface area contributed by atoms with E-state index in [4.69, 9.17) is 26.3 Å². The van der Waals surface area contributed by atoms with Gasteiger partial charge in [-0.2, -0.15) is 5.26 Å². The van der Waals surface area contributed by atoms with Crippen LogP contribution in [0.5, 0.6) is 11.5 Å². The first-order chi connectivity index (χ1) is 9.65. The van der Waals surface area contributed by atoms with Crippen LogP contribution >= 0.6 is 11.6 Å². The number of likely N-dealkylation sites (tertiary alicyclic amines) is 1. The second kappa shape index (κ2) is 6.83. The number of likely N-dealkylation sites (N-methyl/N-ethyl adjacent to an activating group) is 1. The molecule has 1 atom stereocenters. The van der Waals surface area contributed by atoms with Crippen LogP contribution in [0.1, 0.15) is 24.8 Å². The van der Waals surface area contributed by atoms with E-state index < -0.39 is 0 Å². The lowest BCUT2D eigenvalue weighted by Gasteiger charge is -2.32. The van der Waals surface area contributed by atoms with Crippen LogP contribution in [0.2, 0.25) is 5.02 Å². The van der Waals surface area contributed by atoms with Gasteiger partial charge in [0.25, 0.3) is 0 Å². The maximum atomic E-state index is 8.93. The minimum Gasteiger partial charge on any atom is -0.493 e. The minimum absolute atomic E-state index is 0.403. The number of rotatable bonds is 4. The van der Waals surface area contributed by atoms with Crippen molar-refractivity contribution in [3.63, 3.8) is 0 Å². The Labute approximate surface area is 124 Å². The first kappa shape index (κ1) is 15.0. The second-order valence-electron chi connectivity index (χ2n) is 5.04. The van der Waals surface area contributed by atoms with E-state index in [2.05, 4.69) is 18.0 Å². The summed E-state index contributed by atoms with van der Waals surface area (Å²) in [4.78, 5) is 2.31. The number of piperidine rings is 1. The van der Waals surface area contributed by atoms with Gasteiger partial charge in [-0.1, -0.05) is 18.0 Å². The maximum absolute atomic E-state index is 8.93. The van der Waals surface area contributed by atoms with Gasteiger partial charge in [0.05, 0.1) is 23.8 Å². The molecule has 0 amide bonds. The predicted octanol–water partition coefficient (Wildman–Crippen LogP) is 3.08. The molecule has 1 aromatic carbocycles. The minimum atomic E-state index is 0.403. The number of benzene rings is 1. The Morgan fingerprint density at radius 1 is 1.45 bits per heavy atom. The molecule has 20 heavy (non-hydrogen) atoms. The van der Waals surface area contributed by atoms with Crippen molar-refractivity contribution in [1.29, 1.82) is 5.26 Å². The van der Waals surface area contributed by atoms with Crippen LogP contribution in [-0.4, -0.2) is 38.3 Å². The van der Waals surface area contributed by atoms with E-state index in [0.29, 0.717) is 34.7 Å². The summed E-state index contributed by atoms with van der Waals surface area (Å²) in [5, 5.41) is 9.35. The van der Waals surface area contributed by atoms with E-state index in [1.54, 1.807) is 19.2 Å². The highest BCUT2D eigenvalue weighted by Crippen LogP contribution is 2.36. The van der Waals surface area contributed by atoms with Crippen LogP contribution in [0.15, 0.2) is 12.1 Å². The largest absolute Gasteiger partial charge is 0.493 e. The highest BCUT2D eigenvalue weighted by Gasteiger charge is 2.21. The van der Waals surface area contributed by atoms with Crippen LogP contribution in [0.4, 0.5) is 0 Å². The summed E-state index contributed by atoms with van der Waals surface area (Å²) in [6, 6.07) is 5.70. The molecule has 0 N–H and O–H groups in total. The molecule has 1 saturated heterocycles. The van der Waals surface area contributed by atoms with Gasteiger partial charge in [0.15, 0.2) is 11.5 Å². The maximum Gasteiger partial charge on any atom is 0.179 e. The lowest BCUT2D eigenvalue weighted by atomic mass is 10.0. The third-order valence-corrected chi connectivity index (χ3v) is 3.98. The highest BCUT2D eigenvalue weighted by atomic mass is 35.5. The van der Waals surface area contributed by atoms with Crippen molar-refractivity contribution < 1.29 is 9.47 Å². The van der Waals surface area contributed by atoms with Crippen molar-refractivity contribution in [1.82, 2.24) is 4.90 Å². The Balaban J connectivity index is 2.10. The van der Waals surface area contributed by atoms with E-state index >= 15 is 0 Å². The fourth-order valence-corrected chi connectivity index (χ4v) is 2.72. The summed E-state index contributed by atoms with van der Waals surface area (Å²) < 4.78 is 11.1. The third-order valence-electron chi connectivity index (χ3n) is 3.70. The average Bonchev–Trinajstić information content (AvgIpc) is 2.46. The van der Waals surface area contributed by atoms with E-state index in [0.717, 1.165) is 13.0 Å². The molecule has 0 spiro atoms. The van der Waals surface area contributed by atoms with E-state index in [9.17, 15) is 0 Å². The number of halogens is 1. The smallest absolute Gasteiger partial charge is 0.179 e. The summed E-state index contributed by atoms with van der Waals surface area (Å²) in [6.07, 6.45) is 3.61. The Morgan fingerprint density at radius 3 is 2.90 bits per heavy atom. The highest BCUT2D eigenvalue weighted by molar-refractivity contribution is 6.32. The van der Waals surface area contributed by atoms with Gasteiger partial charge in [-0.15, -0.1) is 0 Å². The zero-order valence-electron chi connectivity index (χ0n) is 11.9. The van der Waals surface area contributed by atoms with Gasteiger partial charge < -0.3 is 14.4 Å². The summed E-state index contributed by atoms with van der Waals surface area (Å²) in [7, 11) is 3.66. The van der Waals surface area contributed by atoms with Gasteiger partial charge in [0.1, 0.15) is 6.61 Å². The number of nitriles is 1. The molecular weight excluding hydrogens is 276 g/mol. The molecule has 1 aromatic rings. The summed E-state index contributed by atoms with van der Waals surface area (Å²) >= 11 is 6.18. The molecule has 1 aliphatic rings.